The summed E-state index contributed by atoms with van der Waals surface area (Å²) in [5.74, 6) is 0.453. The number of hydrogen-bond acceptors (Lipinski definition) is 4. The minimum atomic E-state index is -3.48. The normalized spacial score (nSPS) is 17.5. The van der Waals surface area contributed by atoms with E-state index >= 15 is 0 Å². The highest BCUT2D eigenvalue weighted by Gasteiger charge is 2.25. The van der Waals surface area contributed by atoms with Crippen LogP contribution < -0.4 is 10.5 Å². The fourth-order valence-corrected chi connectivity index (χ4v) is 2.85. The van der Waals surface area contributed by atoms with E-state index in [2.05, 4.69) is 4.40 Å². The molecule has 1 aliphatic rings. The van der Waals surface area contributed by atoms with Crippen molar-refractivity contribution in [2.75, 3.05) is 0 Å². The SMILES string of the molecule is CC(C)Oc1cccc2c1C(N)=NS(=O)(=O)C2. The fourth-order valence-electron chi connectivity index (χ4n) is 1.76. The van der Waals surface area contributed by atoms with E-state index in [-0.39, 0.29) is 17.7 Å². The van der Waals surface area contributed by atoms with Crippen LogP contribution in [0.5, 0.6) is 5.75 Å². The molecule has 1 aromatic rings. The zero-order chi connectivity index (χ0) is 12.6. The first kappa shape index (κ1) is 11.9. The quantitative estimate of drug-likeness (QED) is 0.854. The Kier molecular flexibility index (Phi) is 2.82. The molecule has 0 amide bonds. The third-order valence-corrected chi connectivity index (χ3v) is 3.46. The number of amidine groups is 1. The Morgan fingerprint density at radius 3 is 2.76 bits per heavy atom. The maximum absolute atomic E-state index is 11.4. The highest BCUT2D eigenvalue weighted by Crippen LogP contribution is 2.28. The average molecular weight is 254 g/mol. The third kappa shape index (κ3) is 2.41. The van der Waals surface area contributed by atoms with Crippen LogP contribution in [0, 0.1) is 0 Å². The summed E-state index contributed by atoms with van der Waals surface area (Å²) in [6.45, 7) is 3.79. The molecule has 17 heavy (non-hydrogen) atoms. The molecule has 0 aliphatic carbocycles. The van der Waals surface area contributed by atoms with Crippen LogP contribution in [0.2, 0.25) is 0 Å². The Morgan fingerprint density at radius 1 is 1.41 bits per heavy atom. The van der Waals surface area contributed by atoms with E-state index in [9.17, 15) is 8.42 Å². The van der Waals surface area contributed by atoms with Crippen LogP contribution in [0.25, 0.3) is 0 Å². The second kappa shape index (κ2) is 4.03. The average Bonchev–Trinajstić information content (AvgIpc) is 2.13. The minimum absolute atomic E-state index is 0.00231. The number of rotatable bonds is 2. The van der Waals surface area contributed by atoms with Crippen molar-refractivity contribution in [3.8, 4) is 5.75 Å². The van der Waals surface area contributed by atoms with Gasteiger partial charge in [-0.15, -0.1) is 4.40 Å². The molecular formula is C11H14N2O3S. The minimum Gasteiger partial charge on any atom is -0.490 e. The molecule has 1 aliphatic heterocycles. The molecule has 92 valence electrons. The van der Waals surface area contributed by atoms with Gasteiger partial charge in [-0.3, -0.25) is 0 Å². The van der Waals surface area contributed by atoms with Gasteiger partial charge in [-0.05, 0) is 25.5 Å². The van der Waals surface area contributed by atoms with Gasteiger partial charge in [0, 0.05) is 0 Å². The first-order valence-electron chi connectivity index (χ1n) is 5.26. The van der Waals surface area contributed by atoms with E-state index in [1.807, 2.05) is 13.8 Å². The fraction of sp³-hybridized carbons (Fsp3) is 0.364. The number of fused-ring (bicyclic) bond motifs is 1. The van der Waals surface area contributed by atoms with Gasteiger partial charge in [0.1, 0.15) is 11.6 Å². The third-order valence-electron chi connectivity index (χ3n) is 2.31. The van der Waals surface area contributed by atoms with Gasteiger partial charge in [0.2, 0.25) is 0 Å². The van der Waals surface area contributed by atoms with Crippen molar-refractivity contribution in [3.63, 3.8) is 0 Å². The highest BCUT2D eigenvalue weighted by molar-refractivity contribution is 7.89. The largest absolute Gasteiger partial charge is 0.490 e. The number of hydrogen-bond donors (Lipinski definition) is 1. The van der Waals surface area contributed by atoms with Gasteiger partial charge in [-0.1, -0.05) is 12.1 Å². The molecule has 0 unspecified atom stereocenters. The molecule has 0 saturated heterocycles. The summed E-state index contributed by atoms with van der Waals surface area (Å²) in [5, 5.41) is 0. The second-order valence-corrected chi connectivity index (χ2v) is 5.79. The van der Waals surface area contributed by atoms with Crippen LogP contribution in [0.3, 0.4) is 0 Å². The summed E-state index contributed by atoms with van der Waals surface area (Å²) in [4.78, 5) is 0. The number of benzene rings is 1. The molecule has 6 heteroatoms. The van der Waals surface area contributed by atoms with Crippen LogP contribution >= 0.6 is 0 Å². The summed E-state index contributed by atoms with van der Waals surface area (Å²) < 4.78 is 32.0. The van der Waals surface area contributed by atoms with Crippen molar-refractivity contribution in [1.82, 2.24) is 0 Å². The van der Waals surface area contributed by atoms with Crippen molar-refractivity contribution in [3.05, 3.63) is 29.3 Å². The lowest BCUT2D eigenvalue weighted by Crippen LogP contribution is -2.25. The van der Waals surface area contributed by atoms with E-state index in [4.69, 9.17) is 10.5 Å². The molecule has 0 spiro atoms. The molecule has 0 fully saturated rings. The van der Waals surface area contributed by atoms with Crippen molar-refractivity contribution in [1.29, 1.82) is 0 Å². The van der Waals surface area contributed by atoms with Crippen LogP contribution in [-0.2, 0) is 15.8 Å². The predicted molar refractivity (Wildman–Crippen MR) is 65.6 cm³/mol. The monoisotopic (exact) mass is 254 g/mol. The van der Waals surface area contributed by atoms with Gasteiger partial charge in [0.15, 0.2) is 0 Å². The standard InChI is InChI=1S/C11H14N2O3S/c1-7(2)16-9-5-3-4-8-6-17(14,15)13-11(12)10(8)9/h3-5,7H,6H2,1-2H3,(H2,12,13). The van der Waals surface area contributed by atoms with Gasteiger partial charge < -0.3 is 10.5 Å². The lowest BCUT2D eigenvalue weighted by Gasteiger charge is -2.19. The number of nitrogens with two attached hydrogens (primary N) is 1. The van der Waals surface area contributed by atoms with Crippen molar-refractivity contribution < 1.29 is 13.2 Å². The maximum Gasteiger partial charge on any atom is 0.259 e. The number of ether oxygens (including phenoxy) is 1. The zero-order valence-corrected chi connectivity index (χ0v) is 10.5. The van der Waals surface area contributed by atoms with E-state index in [0.29, 0.717) is 16.9 Å². The Hall–Kier alpha value is -1.56. The Labute approximate surface area is 100 Å². The number of sulfonamides is 1. The predicted octanol–water partition coefficient (Wildman–Crippen LogP) is 1.02. The van der Waals surface area contributed by atoms with Gasteiger partial charge in [0.25, 0.3) is 10.0 Å². The zero-order valence-electron chi connectivity index (χ0n) is 9.67. The van der Waals surface area contributed by atoms with Crippen LogP contribution in [0.4, 0.5) is 0 Å². The smallest absolute Gasteiger partial charge is 0.259 e. The summed E-state index contributed by atoms with van der Waals surface area (Å²) in [7, 11) is -3.48. The van der Waals surface area contributed by atoms with E-state index in [1.54, 1.807) is 18.2 Å². The van der Waals surface area contributed by atoms with Crippen LogP contribution in [0.15, 0.2) is 22.6 Å². The van der Waals surface area contributed by atoms with Crippen LogP contribution in [0.1, 0.15) is 25.0 Å². The molecule has 0 radical (unpaired) electrons. The van der Waals surface area contributed by atoms with Crippen molar-refractivity contribution >= 4 is 15.9 Å². The van der Waals surface area contributed by atoms with Crippen molar-refractivity contribution in [2.24, 2.45) is 10.1 Å². The summed E-state index contributed by atoms with van der Waals surface area (Å²) in [6.07, 6.45) is -0.00664. The van der Waals surface area contributed by atoms with E-state index in [0.717, 1.165) is 0 Å². The molecule has 2 rings (SSSR count). The molecule has 5 nitrogen and oxygen atoms in total. The molecule has 0 atom stereocenters. The molecule has 0 saturated carbocycles. The van der Waals surface area contributed by atoms with Gasteiger partial charge >= 0.3 is 0 Å². The number of nitrogens with zero attached hydrogens (tertiary/aromatic N) is 1. The first-order chi connectivity index (χ1) is 7.89. The first-order valence-corrected chi connectivity index (χ1v) is 6.87. The topological polar surface area (TPSA) is 81.8 Å². The van der Waals surface area contributed by atoms with E-state index in [1.165, 1.54) is 0 Å². The van der Waals surface area contributed by atoms with Gasteiger partial charge in [-0.25, -0.2) is 8.42 Å². The molecule has 0 bridgehead atoms. The Balaban J connectivity index is 2.56. The lowest BCUT2D eigenvalue weighted by atomic mass is 10.1. The lowest BCUT2D eigenvalue weighted by molar-refractivity contribution is 0.242. The molecule has 1 heterocycles. The summed E-state index contributed by atoms with van der Waals surface area (Å²) >= 11 is 0. The summed E-state index contributed by atoms with van der Waals surface area (Å²) in [6, 6.07) is 5.24. The highest BCUT2D eigenvalue weighted by atomic mass is 32.2. The maximum atomic E-state index is 11.4. The molecule has 2 N–H and O–H groups in total. The second-order valence-electron chi connectivity index (χ2n) is 4.16. The molecule has 1 aromatic carbocycles. The van der Waals surface area contributed by atoms with Crippen LogP contribution in [-0.4, -0.2) is 20.4 Å². The Morgan fingerprint density at radius 2 is 2.12 bits per heavy atom. The molecular weight excluding hydrogens is 240 g/mol. The van der Waals surface area contributed by atoms with Gasteiger partial charge in [-0.2, -0.15) is 0 Å². The van der Waals surface area contributed by atoms with Crippen molar-refractivity contribution in [2.45, 2.75) is 25.7 Å². The van der Waals surface area contributed by atoms with E-state index < -0.39 is 10.0 Å². The van der Waals surface area contributed by atoms with Gasteiger partial charge in [0.05, 0.1) is 17.4 Å². The molecule has 0 aromatic heterocycles. The Bertz CT molecular complexity index is 576. The summed E-state index contributed by atoms with van der Waals surface area (Å²) in [5.41, 5.74) is 6.92.